The van der Waals surface area contributed by atoms with Crippen molar-refractivity contribution in [3.8, 4) is 22.5 Å². The highest BCUT2D eigenvalue weighted by atomic mass is 16.6. The number of nitrogens with zero attached hydrogens (tertiary/aromatic N) is 7. The van der Waals surface area contributed by atoms with Gasteiger partial charge in [0, 0.05) is 49.2 Å². The van der Waals surface area contributed by atoms with E-state index >= 15 is 0 Å². The van der Waals surface area contributed by atoms with Crippen LogP contribution in [0.2, 0.25) is 0 Å². The highest BCUT2D eigenvalue weighted by Gasteiger charge is 2.30. The lowest BCUT2D eigenvalue weighted by Crippen LogP contribution is -2.44. The Labute approximate surface area is 262 Å². The standard InChI is InChI=1S/C32H42N10O3/c1-31(2,3)42(34)18-24(33)29(43)38-25-11-13-40(30(44)45-32(4,5)6)17-21-14-20(8-9-23(21)25)28-27-10-12-35-41(27)19-26(37-28)22-15-36-39(7)16-22/h8-10,12,14-16,18-19,25H,11,13,17,33-34H2,1-7H3,(H,38,43)/b24-18-/t25-/m1/s1. The predicted molar refractivity (Wildman–Crippen MR) is 171 cm³/mol. The number of benzene rings is 1. The number of amides is 2. The molecule has 0 fully saturated rings. The molecule has 5 rings (SSSR count). The molecular weight excluding hydrogens is 572 g/mol. The van der Waals surface area contributed by atoms with E-state index in [1.54, 1.807) is 26.5 Å². The van der Waals surface area contributed by atoms with Gasteiger partial charge >= 0.3 is 6.09 Å². The second-order valence-electron chi connectivity index (χ2n) is 13.3. The molecular formula is C32H42N10O3. The van der Waals surface area contributed by atoms with Crippen molar-refractivity contribution in [3.63, 3.8) is 0 Å². The third-order valence-electron chi connectivity index (χ3n) is 7.50. The summed E-state index contributed by atoms with van der Waals surface area (Å²) in [5, 5.41) is 13.2. The second-order valence-corrected chi connectivity index (χ2v) is 13.3. The van der Waals surface area contributed by atoms with Crippen molar-refractivity contribution in [1.29, 1.82) is 0 Å². The Kier molecular flexibility index (Phi) is 8.32. The van der Waals surface area contributed by atoms with E-state index < -0.39 is 29.2 Å². The molecule has 3 aromatic heterocycles. The third kappa shape index (κ3) is 7.09. The summed E-state index contributed by atoms with van der Waals surface area (Å²) in [6, 6.07) is 7.45. The monoisotopic (exact) mass is 614 g/mol. The minimum absolute atomic E-state index is 0.0154. The van der Waals surface area contributed by atoms with Gasteiger partial charge in [-0.2, -0.15) is 10.2 Å². The van der Waals surface area contributed by atoms with Gasteiger partial charge < -0.3 is 25.7 Å². The van der Waals surface area contributed by atoms with Crippen molar-refractivity contribution in [2.45, 2.75) is 71.7 Å². The Morgan fingerprint density at radius 2 is 1.84 bits per heavy atom. The molecule has 0 unspecified atom stereocenters. The Bertz CT molecular complexity index is 1760. The lowest BCUT2D eigenvalue weighted by molar-refractivity contribution is -0.118. The summed E-state index contributed by atoms with van der Waals surface area (Å²) in [5.74, 6) is 5.65. The maximum atomic E-state index is 13.3. The average molecular weight is 615 g/mol. The zero-order valence-corrected chi connectivity index (χ0v) is 26.9. The number of carbonyl (C=O) groups excluding carboxylic acids is 2. The topological polar surface area (TPSA) is 162 Å². The molecule has 0 saturated carbocycles. The van der Waals surface area contributed by atoms with E-state index in [1.165, 1.54) is 11.2 Å². The number of hydrogen-bond acceptors (Lipinski definition) is 9. The fourth-order valence-corrected chi connectivity index (χ4v) is 5.06. The first kappa shape index (κ1) is 31.5. The van der Waals surface area contributed by atoms with Gasteiger partial charge in [0.2, 0.25) is 0 Å². The van der Waals surface area contributed by atoms with Crippen molar-refractivity contribution in [2.75, 3.05) is 6.54 Å². The SMILES string of the molecule is Cn1cc(-c2cn3nccc3c(-c3ccc4c(c3)CN(C(=O)OC(C)(C)C)CC[C@H]4NC(=O)/C(N)=C/N(N)C(C)(C)C)n2)cn1. The summed E-state index contributed by atoms with van der Waals surface area (Å²) in [5.41, 5.74) is 10.8. The Morgan fingerprint density at radius 3 is 2.51 bits per heavy atom. The molecule has 0 radical (unpaired) electrons. The van der Waals surface area contributed by atoms with Crippen molar-refractivity contribution < 1.29 is 14.3 Å². The largest absolute Gasteiger partial charge is 0.444 e. The summed E-state index contributed by atoms with van der Waals surface area (Å²) < 4.78 is 9.24. The van der Waals surface area contributed by atoms with Crippen molar-refractivity contribution in [1.82, 2.24) is 39.6 Å². The first-order valence-electron chi connectivity index (χ1n) is 14.9. The molecule has 238 valence electrons. The molecule has 1 aliphatic rings. The van der Waals surface area contributed by atoms with Crippen LogP contribution >= 0.6 is 0 Å². The van der Waals surface area contributed by atoms with Gasteiger partial charge in [-0.05, 0) is 71.2 Å². The zero-order chi connectivity index (χ0) is 32.7. The number of aryl methyl sites for hydroxylation is 1. The number of nitrogens with one attached hydrogen (secondary N) is 1. The van der Waals surface area contributed by atoms with Gasteiger partial charge in [0.1, 0.15) is 11.3 Å². The van der Waals surface area contributed by atoms with E-state index in [1.807, 2.05) is 85.2 Å². The minimum atomic E-state index is -0.660. The van der Waals surface area contributed by atoms with E-state index in [9.17, 15) is 9.59 Å². The zero-order valence-electron chi connectivity index (χ0n) is 26.9. The summed E-state index contributed by atoms with van der Waals surface area (Å²) in [7, 11) is 1.86. The van der Waals surface area contributed by atoms with Gasteiger partial charge in [0.25, 0.3) is 5.91 Å². The van der Waals surface area contributed by atoms with Gasteiger partial charge in [-0.25, -0.2) is 20.1 Å². The molecule has 0 spiro atoms. The normalized spacial score (nSPS) is 15.9. The average Bonchev–Trinajstić information content (AvgIpc) is 3.57. The molecule has 2 amide bonds. The van der Waals surface area contributed by atoms with Crippen LogP contribution in [0, 0.1) is 0 Å². The summed E-state index contributed by atoms with van der Waals surface area (Å²) in [6.45, 7) is 11.9. The van der Waals surface area contributed by atoms with Crippen LogP contribution in [0.25, 0.3) is 28.0 Å². The van der Waals surface area contributed by atoms with E-state index in [-0.39, 0.29) is 12.2 Å². The number of fused-ring (bicyclic) bond motifs is 2. The van der Waals surface area contributed by atoms with Gasteiger partial charge in [-0.1, -0.05) is 12.1 Å². The quantitative estimate of drug-likeness (QED) is 0.172. The van der Waals surface area contributed by atoms with E-state index in [0.29, 0.717) is 13.0 Å². The maximum Gasteiger partial charge on any atom is 0.410 e. The Hall–Kier alpha value is -4.91. The van der Waals surface area contributed by atoms with Crippen molar-refractivity contribution >= 4 is 17.5 Å². The molecule has 1 aromatic carbocycles. The molecule has 5 N–H and O–H groups in total. The summed E-state index contributed by atoms with van der Waals surface area (Å²) in [4.78, 5) is 33.2. The fraction of sp³-hybridized carbons (Fsp3) is 0.406. The van der Waals surface area contributed by atoms with Crippen LogP contribution < -0.4 is 16.9 Å². The van der Waals surface area contributed by atoms with Crippen LogP contribution in [-0.2, 0) is 23.1 Å². The van der Waals surface area contributed by atoms with E-state index in [4.69, 9.17) is 21.3 Å². The van der Waals surface area contributed by atoms with Crippen LogP contribution in [0.4, 0.5) is 4.79 Å². The number of rotatable bonds is 5. The Morgan fingerprint density at radius 1 is 1.09 bits per heavy atom. The third-order valence-corrected chi connectivity index (χ3v) is 7.50. The van der Waals surface area contributed by atoms with Crippen LogP contribution in [0.5, 0.6) is 0 Å². The number of carbonyl (C=O) groups is 2. The molecule has 4 heterocycles. The van der Waals surface area contributed by atoms with Gasteiger partial charge in [0.05, 0.1) is 41.5 Å². The van der Waals surface area contributed by atoms with Gasteiger partial charge in [0.15, 0.2) is 0 Å². The number of hydrazine groups is 1. The predicted octanol–water partition coefficient (Wildman–Crippen LogP) is 3.87. The second kappa shape index (κ2) is 11.9. The summed E-state index contributed by atoms with van der Waals surface area (Å²) in [6.07, 6.45) is 8.72. The summed E-state index contributed by atoms with van der Waals surface area (Å²) >= 11 is 0. The van der Waals surface area contributed by atoms with Gasteiger partial charge in [-0.3, -0.25) is 9.48 Å². The molecule has 0 aliphatic carbocycles. The number of hydrogen-bond donors (Lipinski definition) is 3. The van der Waals surface area contributed by atoms with Crippen LogP contribution in [0.15, 0.2) is 60.9 Å². The molecule has 13 heteroatoms. The molecule has 0 saturated heterocycles. The highest BCUT2D eigenvalue weighted by Crippen LogP contribution is 2.33. The smallest absolute Gasteiger partial charge is 0.410 e. The van der Waals surface area contributed by atoms with E-state index in [0.717, 1.165) is 39.2 Å². The lowest BCUT2D eigenvalue weighted by Gasteiger charge is -2.30. The molecule has 13 nitrogen and oxygen atoms in total. The lowest BCUT2D eigenvalue weighted by atomic mass is 9.95. The minimum Gasteiger partial charge on any atom is -0.444 e. The Balaban J connectivity index is 1.55. The first-order valence-corrected chi connectivity index (χ1v) is 14.9. The fourth-order valence-electron chi connectivity index (χ4n) is 5.06. The molecule has 4 aromatic rings. The van der Waals surface area contributed by atoms with Gasteiger partial charge in [-0.15, -0.1) is 0 Å². The number of aromatic nitrogens is 5. The molecule has 1 atom stereocenters. The number of ether oxygens (including phenoxy) is 1. The van der Waals surface area contributed by atoms with Crippen LogP contribution in [0.3, 0.4) is 0 Å². The van der Waals surface area contributed by atoms with Crippen molar-refractivity contribution in [3.05, 3.63) is 72.1 Å². The molecule has 1 aliphatic heterocycles. The van der Waals surface area contributed by atoms with Crippen LogP contribution in [-0.4, -0.2) is 64.0 Å². The first-order chi connectivity index (χ1) is 21.1. The van der Waals surface area contributed by atoms with Crippen molar-refractivity contribution in [2.24, 2.45) is 18.6 Å². The van der Waals surface area contributed by atoms with Crippen LogP contribution in [0.1, 0.15) is 65.1 Å². The number of nitrogens with two attached hydrogens (primary N) is 2. The van der Waals surface area contributed by atoms with E-state index in [2.05, 4.69) is 15.5 Å². The highest BCUT2D eigenvalue weighted by molar-refractivity contribution is 5.92. The molecule has 45 heavy (non-hydrogen) atoms. The molecule has 0 bridgehead atoms. The maximum absolute atomic E-state index is 13.3.